The number of hydrogen-bond donors (Lipinski definition) is 2. The fourth-order valence-electron chi connectivity index (χ4n) is 2.55. The van der Waals surface area contributed by atoms with E-state index in [2.05, 4.69) is 20.6 Å². The third-order valence-corrected chi connectivity index (χ3v) is 6.53. The van der Waals surface area contributed by atoms with Crippen LogP contribution in [-0.4, -0.2) is 67.2 Å². The van der Waals surface area contributed by atoms with Gasteiger partial charge < -0.3 is 10.2 Å². The van der Waals surface area contributed by atoms with Crippen molar-refractivity contribution in [1.82, 2.24) is 19.6 Å². The van der Waals surface area contributed by atoms with Crippen molar-refractivity contribution in [3.8, 4) is 0 Å². The molecule has 0 radical (unpaired) electrons. The molecule has 0 spiro atoms. The molecule has 3 heterocycles. The Kier molecular flexibility index (Phi) is 6.01. The minimum Gasteiger partial charge on any atom is -0.338 e. The zero-order valence-electron chi connectivity index (χ0n) is 14.0. The van der Waals surface area contributed by atoms with Gasteiger partial charge in [0.05, 0.1) is 10.8 Å². The highest BCUT2D eigenvalue weighted by molar-refractivity contribution is 7.89. The highest BCUT2D eigenvalue weighted by atomic mass is 32.2. The number of sulfonamides is 1. The third-order valence-electron chi connectivity index (χ3n) is 3.87. The fourth-order valence-corrected chi connectivity index (χ4v) is 4.50. The number of thiophene rings is 1. The Morgan fingerprint density at radius 3 is 2.54 bits per heavy atom. The van der Waals surface area contributed by atoms with Crippen LogP contribution in [0.4, 0.5) is 15.7 Å². The van der Waals surface area contributed by atoms with Crippen molar-refractivity contribution in [2.45, 2.75) is 0 Å². The van der Waals surface area contributed by atoms with Gasteiger partial charge >= 0.3 is 6.03 Å². The second-order valence-electron chi connectivity index (χ2n) is 5.61. The molecular formula is C15H20N6O3S2. The molecule has 9 nitrogen and oxygen atoms in total. The van der Waals surface area contributed by atoms with Gasteiger partial charge in [-0.2, -0.15) is 4.31 Å². The summed E-state index contributed by atoms with van der Waals surface area (Å²) in [6, 6.07) is 4.93. The summed E-state index contributed by atoms with van der Waals surface area (Å²) in [5.41, 5.74) is 0. The summed E-state index contributed by atoms with van der Waals surface area (Å²) in [6.45, 7) is 1.89. The van der Waals surface area contributed by atoms with Crippen LogP contribution in [0.15, 0.2) is 36.0 Å². The normalized spacial score (nSPS) is 15.6. The largest absolute Gasteiger partial charge is 0.338 e. The van der Waals surface area contributed by atoms with E-state index < -0.39 is 16.1 Å². The van der Waals surface area contributed by atoms with Crippen LogP contribution in [0, 0.1) is 0 Å². The maximum Gasteiger partial charge on any atom is 0.319 e. The number of amides is 2. The van der Waals surface area contributed by atoms with Gasteiger partial charge in [-0.25, -0.2) is 23.2 Å². The summed E-state index contributed by atoms with van der Waals surface area (Å²) in [7, 11) is -3.42. The van der Waals surface area contributed by atoms with Gasteiger partial charge in [-0.05, 0) is 23.6 Å². The number of aromatic nitrogens is 2. The van der Waals surface area contributed by atoms with Gasteiger partial charge in [-0.15, -0.1) is 11.3 Å². The van der Waals surface area contributed by atoms with Crippen molar-refractivity contribution in [2.24, 2.45) is 0 Å². The first-order chi connectivity index (χ1) is 12.5. The molecule has 1 fully saturated rings. The van der Waals surface area contributed by atoms with Gasteiger partial charge in [0, 0.05) is 45.1 Å². The highest BCUT2D eigenvalue weighted by Gasteiger charge is 2.27. The Hall–Kier alpha value is -2.24. The quantitative estimate of drug-likeness (QED) is 0.748. The first kappa shape index (κ1) is 18.5. The lowest BCUT2D eigenvalue weighted by Crippen LogP contribution is -2.50. The molecule has 1 aliphatic rings. The minimum absolute atomic E-state index is 0.0571. The summed E-state index contributed by atoms with van der Waals surface area (Å²) >= 11 is 1.40. The van der Waals surface area contributed by atoms with Crippen LogP contribution in [0.5, 0.6) is 0 Å². The van der Waals surface area contributed by atoms with Gasteiger partial charge in [0.1, 0.15) is 0 Å². The van der Waals surface area contributed by atoms with Crippen LogP contribution >= 0.6 is 11.3 Å². The van der Waals surface area contributed by atoms with Crippen molar-refractivity contribution >= 4 is 38.3 Å². The predicted octanol–water partition coefficient (Wildman–Crippen LogP) is 0.812. The Bertz CT molecular complexity index is 805. The number of carbonyl (C=O) groups is 1. The van der Waals surface area contributed by atoms with Crippen molar-refractivity contribution in [2.75, 3.05) is 48.7 Å². The zero-order valence-corrected chi connectivity index (χ0v) is 15.7. The van der Waals surface area contributed by atoms with Gasteiger partial charge in [0.2, 0.25) is 16.0 Å². The molecule has 0 atom stereocenters. The molecule has 0 bridgehead atoms. The second kappa shape index (κ2) is 8.43. The molecule has 0 aliphatic carbocycles. The number of nitrogens with one attached hydrogen (secondary N) is 2. The summed E-state index contributed by atoms with van der Waals surface area (Å²) in [5.74, 6) is 0.476. The molecule has 2 aromatic heterocycles. The van der Waals surface area contributed by atoms with E-state index in [1.54, 1.807) is 24.5 Å². The van der Waals surface area contributed by atoms with Crippen LogP contribution in [0.2, 0.25) is 0 Å². The van der Waals surface area contributed by atoms with Crippen LogP contribution in [-0.2, 0) is 10.0 Å². The van der Waals surface area contributed by atoms with E-state index in [-0.39, 0.29) is 12.3 Å². The summed E-state index contributed by atoms with van der Waals surface area (Å²) < 4.78 is 26.3. The third kappa shape index (κ3) is 4.90. The van der Waals surface area contributed by atoms with E-state index >= 15 is 0 Å². The monoisotopic (exact) mass is 396 g/mol. The average Bonchev–Trinajstić information content (AvgIpc) is 3.15. The number of carbonyl (C=O) groups excluding carboxylic acids is 1. The lowest BCUT2D eigenvalue weighted by Gasteiger charge is -2.33. The van der Waals surface area contributed by atoms with E-state index in [1.165, 1.54) is 15.6 Å². The summed E-state index contributed by atoms with van der Waals surface area (Å²) in [4.78, 5) is 22.0. The average molecular weight is 396 g/mol. The molecule has 11 heteroatoms. The molecule has 0 aromatic carbocycles. The molecular weight excluding hydrogens is 376 g/mol. The van der Waals surface area contributed by atoms with Gasteiger partial charge in [0.15, 0.2) is 0 Å². The second-order valence-corrected chi connectivity index (χ2v) is 8.65. The van der Waals surface area contributed by atoms with E-state index in [9.17, 15) is 13.2 Å². The van der Waals surface area contributed by atoms with E-state index in [4.69, 9.17) is 0 Å². The number of anilines is 2. The Morgan fingerprint density at radius 1 is 1.15 bits per heavy atom. The van der Waals surface area contributed by atoms with Crippen LogP contribution < -0.4 is 15.5 Å². The standard InChI is InChI=1S/C15H20N6O3S2/c22-15(19-13-3-1-11-25-13)18-6-12-26(23,24)21-9-7-20(8-10-21)14-16-4-2-5-17-14/h1-5,11H,6-10,12H2,(H2,18,19,22). The first-order valence-corrected chi connectivity index (χ1v) is 10.6. The zero-order chi connectivity index (χ0) is 18.4. The van der Waals surface area contributed by atoms with Crippen molar-refractivity contribution in [3.63, 3.8) is 0 Å². The maximum atomic E-state index is 12.4. The molecule has 2 N–H and O–H groups in total. The molecule has 1 saturated heterocycles. The van der Waals surface area contributed by atoms with Crippen LogP contribution in [0.3, 0.4) is 0 Å². The number of piperazine rings is 1. The van der Waals surface area contributed by atoms with Crippen LogP contribution in [0.1, 0.15) is 0 Å². The topological polar surface area (TPSA) is 108 Å². The van der Waals surface area contributed by atoms with Crippen molar-refractivity contribution < 1.29 is 13.2 Å². The SMILES string of the molecule is O=C(NCCS(=O)(=O)N1CCN(c2ncccn2)CC1)Nc1cccs1. The molecule has 0 saturated carbocycles. The first-order valence-electron chi connectivity index (χ1n) is 8.13. The maximum absolute atomic E-state index is 12.4. The number of urea groups is 1. The summed E-state index contributed by atoms with van der Waals surface area (Å²) in [6.07, 6.45) is 3.33. The smallest absolute Gasteiger partial charge is 0.319 e. The molecule has 2 aromatic rings. The predicted molar refractivity (Wildman–Crippen MR) is 101 cm³/mol. The van der Waals surface area contributed by atoms with E-state index in [1.807, 2.05) is 16.3 Å². The lowest BCUT2D eigenvalue weighted by atomic mass is 10.4. The Labute approximate surface area is 156 Å². The number of nitrogens with zero attached hydrogens (tertiary/aromatic N) is 4. The molecule has 2 amide bonds. The van der Waals surface area contributed by atoms with E-state index in [0.717, 1.165) is 0 Å². The number of rotatable bonds is 6. The molecule has 0 unspecified atom stereocenters. The number of hydrogen-bond acceptors (Lipinski definition) is 7. The molecule has 1 aliphatic heterocycles. The lowest BCUT2D eigenvalue weighted by molar-refractivity contribution is 0.252. The van der Waals surface area contributed by atoms with Crippen molar-refractivity contribution in [1.29, 1.82) is 0 Å². The van der Waals surface area contributed by atoms with Gasteiger partial charge in [-0.1, -0.05) is 0 Å². The molecule has 26 heavy (non-hydrogen) atoms. The van der Waals surface area contributed by atoms with Gasteiger partial charge in [0.25, 0.3) is 0 Å². The Balaban J connectivity index is 1.43. The van der Waals surface area contributed by atoms with E-state index in [0.29, 0.717) is 37.1 Å². The van der Waals surface area contributed by atoms with Crippen LogP contribution in [0.25, 0.3) is 0 Å². The highest BCUT2D eigenvalue weighted by Crippen LogP contribution is 2.14. The van der Waals surface area contributed by atoms with Gasteiger partial charge in [-0.3, -0.25) is 5.32 Å². The molecule has 3 rings (SSSR count). The molecule has 140 valence electrons. The summed E-state index contributed by atoms with van der Waals surface area (Å²) in [5, 5.41) is 7.78. The fraction of sp³-hybridized carbons (Fsp3) is 0.400. The Morgan fingerprint density at radius 2 is 1.88 bits per heavy atom. The minimum atomic E-state index is -3.42. The van der Waals surface area contributed by atoms with Crippen molar-refractivity contribution in [3.05, 3.63) is 36.0 Å².